The minimum Gasteiger partial charge on any atom is -0.360 e. The fourth-order valence-electron chi connectivity index (χ4n) is 4.48. The first-order valence-electron chi connectivity index (χ1n) is 7.32. The Hall–Kier alpha value is -0.0800. The minimum atomic E-state index is 0.00199. The zero-order valence-corrected chi connectivity index (χ0v) is 11.6. The van der Waals surface area contributed by atoms with Crippen LogP contribution in [0.4, 0.5) is 0 Å². The lowest BCUT2D eigenvalue weighted by atomic mass is 9.65. The molecule has 2 nitrogen and oxygen atoms in total. The molecule has 0 aromatic rings. The van der Waals surface area contributed by atoms with E-state index < -0.39 is 0 Å². The average Bonchev–Trinajstić information content (AvgIpc) is 2.12. The highest BCUT2D eigenvalue weighted by Gasteiger charge is 2.50. The van der Waals surface area contributed by atoms with E-state index in [0.29, 0.717) is 10.8 Å². The van der Waals surface area contributed by atoms with E-state index in [1.165, 1.54) is 45.1 Å². The predicted octanol–water partition coefficient (Wildman–Crippen LogP) is 3.32. The van der Waals surface area contributed by atoms with E-state index in [9.17, 15) is 0 Å². The normalized spacial score (nSPS) is 43.6. The van der Waals surface area contributed by atoms with E-state index in [4.69, 9.17) is 4.74 Å². The van der Waals surface area contributed by atoms with Crippen LogP contribution >= 0.6 is 0 Å². The second-order valence-electron chi connectivity index (χ2n) is 7.84. The summed E-state index contributed by atoms with van der Waals surface area (Å²) in [6, 6.07) is 0. The van der Waals surface area contributed by atoms with Crippen LogP contribution in [-0.4, -0.2) is 18.9 Å². The van der Waals surface area contributed by atoms with E-state index in [1.807, 2.05) is 0 Å². The summed E-state index contributed by atoms with van der Waals surface area (Å²) in [5.74, 6) is 0.779. The van der Waals surface area contributed by atoms with Gasteiger partial charge in [0.1, 0.15) is 5.72 Å². The van der Waals surface area contributed by atoms with Crippen molar-refractivity contribution in [2.75, 3.05) is 13.2 Å². The minimum absolute atomic E-state index is 0.00199. The Morgan fingerprint density at radius 2 is 1.94 bits per heavy atom. The van der Waals surface area contributed by atoms with Crippen molar-refractivity contribution in [3.05, 3.63) is 0 Å². The summed E-state index contributed by atoms with van der Waals surface area (Å²) in [6.45, 7) is 9.35. The second-order valence-corrected chi connectivity index (χ2v) is 7.84. The zero-order valence-electron chi connectivity index (χ0n) is 11.6. The van der Waals surface area contributed by atoms with Gasteiger partial charge in [-0.3, -0.25) is 5.32 Å². The largest absolute Gasteiger partial charge is 0.360 e. The molecule has 0 bridgehead atoms. The molecule has 98 valence electrons. The first kappa shape index (κ1) is 12.0. The van der Waals surface area contributed by atoms with E-state index in [2.05, 4.69) is 26.1 Å². The molecule has 2 aliphatic carbocycles. The number of ether oxygens (including phenoxy) is 1. The van der Waals surface area contributed by atoms with Crippen LogP contribution in [0.3, 0.4) is 0 Å². The summed E-state index contributed by atoms with van der Waals surface area (Å²) < 4.78 is 6.36. The quantitative estimate of drug-likeness (QED) is 0.698. The van der Waals surface area contributed by atoms with Crippen molar-refractivity contribution in [1.29, 1.82) is 0 Å². The zero-order chi connectivity index (χ0) is 12.1. The highest BCUT2D eigenvalue weighted by molar-refractivity contribution is 5.00. The molecule has 2 atom stereocenters. The van der Waals surface area contributed by atoms with Crippen molar-refractivity contribution < 1.29 is 4.74 Å². The van der Waals surface area contributed by atoms with Gasteiger partial charge in [-0.05, 0) is 43.4 Å². The van der Waals surface area contributed by atoms with Gasteiger partial charge in [0.2, 0.25) is 0 Å². The smallest absolute Gasteiger partial charge is 0.120 e. The Labute approximate surface area is 105 Å². The average molecular weight is 237 g/mol. The molecule has 0 amide bonds. The highest BCUT2D eigenvalue weighted by Crippen LogP contribution is 2.50. The maximum absolute atomic E-state index is 6.36. The SMILES string of the molecule is CC1CC(C)(C)CC2(C1)NCC1(CCC1)CO2. The van der Waals surface area contributed by atoms with Gasteiger partial charge in [-0.25, -0.2) is 0 Å². The molecular formula is C15H27NO. The summed E-state index contributed by atoms with van der Waals surface area (Å²) in [4.78, 5) is 0. The molecule has 2 spiro atoms. The van der Waals surface area contributed by atoms with Crippen LogP contribution in [0.5, 0.6) is 0 Å². The van der Waals surface area contributed by atoms with Gasteiger partial charge in [0.25, 0.3) is 0 Å². The van der Waals surface area contributed by atoms with Gasteiger partial charge in [-0.2, -0.15) is 0 Å². The summed E-state index contributed by atoms with van der Waals surface area (Å²) in [6.07, 6.45) is 7.86. The Kier molecular flexibility index (Phi) is 2.61. The van der Waals surface area contributed by atoms with Gasteiger partial charge in [0.15, 0.2) is 0 Å². The van der Waals surface area contributed by atoms with Crippen LogP contribution in [-0.2, 0) is 4.74 Å². The molecule has 3 aliphatic rings. The molecule has 2 heteroatoms. The van der Waals surface area contributed by atoms with Gasteiger partial charge in [-0.15, -0.1) is 0 Å². The van der Waals surface area contributed by atoms with Gasteiger partial charge < -0.3 is 4.74 Å². The van der Waals surface area contributed by atoms with Crippen molar-refractivity contribution in [1.82, 2.24) is 5.32 Å². The Morgan fingerprint density at radius 3 is 2.41 bits per heavy atom. The molecule has 1 N–H and O–H groups in total. The summed E-state index contributed by atoms with van der Waals surface area (Å²) in [7, 11) is 0. The first-order chi connectivity index (χ1) is 7.93. The standard InChI is InChI=1S/C15H27NO/c1-12-7-13(2,3)9-15(8-12)16-10-14(11-17-15)5-4-6-14/h12,16H,4-11H2,1-3H3. The van der Waals surface area contributed by atoms with Crippen LogP contribution in [0.2, 0.25) is 0 Å². The van der Waals surface area contributed by atoms with E-state index in [-0.39, 0.29) is 5.72 Å². The molecule has 17 heavy (non-hydrogen) atoms. The van der Waals surface area contributed by atoms with E-state index in [1.54, 1.807) is 0 Å². The van der Waals surface area contributed by atoms with Crippen LogP contribution in [0.1, 0.15) is 59.3 Å². The molecule has 2 unspecified atom stereocenters. The molecule has 1 heterocycles. The van der Waals surface area contributed by atoms with Crippen LogP contribution in [0, 0.1) is 16.7 Å². The Bertz CT molecular complexity index is 296. The second kappa shape index (κ2) is 3.71. The van der Waals surface area contributed by atoms with Crippen LogP contribution in [0.25, 0.3) is 0 Å². The third-order valence-electron chi connectivity index (χ3n) is 5.20. The maximum atomic E-state index is 6.36. The van der Waals surface area contributed by atoms with Gasteiger partial charge in [0.05, 0.1) is 6.61 Å². The molecule has 3 fully saturated rings. The summed E-state index contributed by atoms with van der Waals surface area (Å²) >= 11 is 0. The number of nitrogens with one attached hydrogen (secondary N) is 1. The molecule has 1 saturated heterocycles. The van der Waals surface area contributed by atoms with Crippen molar-refractivity contribution >= 4 is 0 Å². The van der Waals surface area contributed by atoms with Gasteiger partial charge in [0, 0.05) is 12.0 Å². The lowest BCUT2D eigenvalue weighted by Crippen LogP contribution is -2.63. The Balaban J connectivity index is 1.70. The summed E-state index contributed by atoms with van der Waals surface area (Å²) in [5.41, 5.74) is 0.937. The summed E-state index contributed by atoms with van der Waals surface area (Å²) in [5, 5.41) is 3.79. The molecular weight excluding hydrogens is 210 g/mol. The highest BCUT2D eigenvalue weighted by atomic mass is 16.5. The fraction of sp³-hybridized carbons (Fsp3) is 1.00. The van der Waals surface area contributed by atoms with Crippen molar-refractivity contribution in [2.24, 2.45) is 16.7 Å². The molecule has 3 rings (SSSR count). The first-order valence-corrected chi connectivity index (χ1v) is 7.32. The maximum Gasteiger partial charge on any atom is 0.120 e. The lowest BCUT2D eigenvalue weighted by molar-refractivity contribution is -0.200. The number of hydrogen-bond donors (Lipinski definition) is 1. The van der Waals surface area contributed by atoms with E-state index >= 15 is 0 Å². The molecule has 1 aliphatic heterocycles. The molecule has 0 radical (unpaired) electrons. The van der Waals surface area contributed by atoms with Crippen LogP contribution in [0.15, 0.2) is 0 Å². The van der Waals surface area contributed by atoms with Crippen molar-refractivity contribution in [2.45, 2.75) is 65.0 Å². The monoisotopic (exact) mass is 237 g/mol. The van der Waals surface area contributed by atoms with E-state index in [0.717, 1.165) is 12.5 Å². The van der Waals surface area contributed by atoms with Crippen LogP contribution < -0.4 is 5.32 Å². The third kappa shape index (κ3) is 2.15. The Morgan fingerprint density at radius 1 is 1.18 bits per heavy atom. The predicted molar refractivity (Wildman–Crippen MR) is 69.8 cm³/mol. The number of hydrogen-bond acceptors (Lipinski definition) is 2. The van der Waals surface area contributed by atoms with Crippen molar-refractivity contribution in [3.63, 3.8) is 0 Å². The molecule has 2 saturated carbocycles. The van der Waals surface area contributed by atoms with Gasteiger partial charge in [-0.1, -0.05) is 27.2 Å². The van der Waals surface area contributed by atoms with Gasteiger partial charge >= 0.3 is 0 Å². The topological polar surface area (TPSA) is 21.3 Å². The lowest BCUT2D eigenvalue weighted by Gasteiger charge is -2.56. The molecule has 0 aromatic carbocycles. The van der Waals surface area contributed by atoms with Crippen molar-refractivity contribution in [3.8, 4) is 0 Å². The molecule has 0 aromatic heterocycles. The third-order valence-corrected chi connectivity index (χ3v) is 5.20. The number of rotatable bonds is 0. The fourth-order valence-corrected chi connectivity index (χ4v) is 4.48.